The quantitative estimate of drug-likeness (QED) is 0.904. The molecule has 6 heteroatoms. The van der Waals surface area contributed by atoms with Crippen molar-refractivity contribution >= 4 is 17.5 Å². The second-order valence-corrected chi connectivity index (χ2v) is 6.60. The maximum absolute atomic E-state index is 12.3. The van der Waals surface area contributed by atoms with Gasteiger partial charge >= 0.3 is 0 Å². The molecule has 0 bridgehead atoms. The smallest absolute Gasteiger partial charge is 0.226 e. The van der Waals surface area contributed by atoms with Gasteiger partial charge in [-0.2, -0.15) is 5.10 Å². The van der Waals surface area contributed by atoms with Crippen LogP contribution in [0.2, 0.25) is 5.02 Å². The Morgan fingerprint density at radius 1 is 1.43 bits per heavy atom. The Morgan fingerprint density at radius 3 is 2.83 bits per heavy atom. The number of rotatable bonds is 4. The zero-order valence-electron chi connectivity index (χ0n) is 13.3. The predicted octanol–water partition coefficient (Wildman–Crippen LogP) is 2.48. The number of hydrogen-bond donors (Lipinski definition) is 2. The molecule has 1 aliphatic rings. The Bertz CT molecular complexity index is 682. The highest BCUT2D eigenvalue weighted by molar-refractivity contribution is 6.30. The Hall–Kier alpha value is -1.85. The summed E-state index contributed by atoms with van der Waals surface area (Å²) in [5.41, 5.74) is 2.91. The van der Waals surface area contributed by atoms with Crippen LogP contribution in [-0.4, -0.2) is 40.6 Å². The fourth-order valence-electron chi connectivity index (χ4n) is 3.23. The molecule has 2 aromatic rings. The number of carbonyl (C=O) groups excluding carboxylic acids is 1. The second-order valence-electron chi connectivity index (χ2n) is 6.16. The average molecular weight is 333 g/mol. The lowest BCUT2D eigenvalue weighted by molar-refractivity contribution is -0.121. The summed E-state index contributed by atoms with van der Waals surface area (Å²) in [6.07, 6.45) is 1.24. The number of H-pyrrole nitrogens is 1. The van der Waals surface area contributed by atoms with Gasteiger partial charge in [0.1, 0.15) is 0 Å². The van der Waals surface area contributed by atoms with Crippen molar-refractivity contribution in [3.05, 3.63) is 52.3 Å². The topological polar surface area (TPSA) is 61.0 Å². The van der Waals surface area contributed by atoms with Crippen molar-refractivity contribution in [2.45, 2.75) is 31.8 Å². The minimum Gasteiger partial charge on any atom is -0.351 e. The van der Waals surface area contributed by atoms with Crippen molar-refractivity contribution in [1.29, 1.82) is 0 Å². The molecule has 1 aromatic heterocycles. The molecule has 2 atom stereocenters. The first-order chi connectivity index (χ1) is 11.0. The highest BCUT2D eigenvalue weighted by atomic mass is 35.5. The molecule has 2 heterocycles. The lowest BCUT2D eigenvalue weighted by Crippen LogP contribution is -2.39. The highest BCUT2D eigenvalue weighted by Crippen LogP contribution is 2.31. The lowest BCUT2D eigenvalue weighted by Gasteiger charge is -2.26. The maximum atomic E-state index is 12.3. The van der Waals surface area contributed by atoms with Crippen molar-refractivity contribution in [3.63, 3.8) is 0 Å². The Morgan fingerprint density at radius 2 is 2.17 bits per heavy atom. The second kappa shape index (κ2) is 6.72. The maximum Gasteiger partial charge on any atom is 0.226 e. The van der Waals surface area contributed by atoms with Gasteiger partial charge in [0.25, 0.3) is 0 Å². The van der Waals surface area contributed by atoms with E-state index in [-0.39, 0.29) is 18.0 Å². The van der Waals surface area contributed by atoms with Crippen LogP contribution in [0.5, 0.6) is 0 Å². The van der Waals surface area contributed by atoms with Gasteiger partial charge in [-0.25, -0.2) is 0 Å². The van der Waals surface area contributed by atoms with E-state index < -0.39 is 0 Å². The van der Waals surface area contributed by atoms with E-state index in [2.05, 4.69) is 27.5 Å². The summed E-state index contributed by atoms with van der Waals surface area (Å²) in [5.74, 6) is 0.00997. The monoisotopic (exact) mass is 332 g/mol. The van der Waals surface area contributed by atoms with E-state index in [1.54, 1.807) is 0 Å². The van der Waals surface area contributed by atoms with Crippen molar-refractivity contribution in [2.75, 3.05) is 13.6 Å². The molecule has 2 N–H and O–H groups in total. The van der Waals surface area contributed by atoms with Crippen molar-refractivity contribution < 1.29 is 4.79 Å². The minimum atomic E-state index is 0.00997. The summed E-state index contributed by atoms with van der Waals surface area (Å²) >= 11 is 5.97. The van der Waals surface area contributed by atoms with Gasteiger partial charge in [-0.3, -0.25) is 14.8 Å². The lowest BCUT2D eigenvalue weighted by atomic mass is 10.00. The van der Waals surface area contributed by atoms with Gasteiger partial charge in [-0.1, -0.05) is 23.7 Å². The summed E-state index contributed by atoms with van der Waals surface area (Å²) < 4.78 is 0. The molecule has 1 aromatic carbocycles. The van der Waals surface area contributed by atoms with Crippen molar-refractivity contribution in [2.24, 2.45) is 0 Å². The summed E-state index contributed by atoms with van der Waals surface area (Å²) in [4.78, 5) is 14.6. The summed E-state index contributed by atoms with van der Waals surface area (Å²) in [6, 6.07) is 10.0. The van der Waals surface area contributed by atoms with Gasteiger partial charge in [0.2, 0.25) is 5.91 Å². The average Bonchev–Trinajstić information content (AvgIpc) is 3.06. The Balaban J connectivity index is 1.68. The molecule has 1 aliphatic heterocycles. The van der Waals surface area contributed by atoms with Crippen LogP contribution in [0, 0.1) is 6.92 Å². The SMILES string of the molecule is Cc1cc(CC(=O)N[C@H]2CCN(C)[C@@H]2c2ccc(Cl)cc2)n[nH]1. The summed E-state index contributed by atoms with van der Waals surface area (Å²) in [7, 11) is 2.09. The van der Waals surface area contributed by atoms with E-state index in [0.717, 1.165) is 29.4 Å². The van der Waals surface area contributed by atoms with Crippen LogP contribution >= 0.6 is 11.6 Å². The molecule has 122 valence electrons. The Labute approximate surface area is 141 Å². The fourth-order valence-corrected chi connectivity index (χ4v) is 3.36. The van der Waals surface area contributed by atoms with E-state index in [4.69, 9.17) is 11.6 Å². The number of aromatic amines is 1. The predicted molar refractivity (Wildman–Crippen MR) is 90.4 cm³/mol. The van der Waals surface area contributed by atoms with Gasteiger partial charge in [-0.05, 0) is 44.2 Å². The van der Waals surface area contributed by atoms with Crippen molar-refractivity contribution in [1.82, 2.24) is 20.4 Å². The number of aromatic nitrogens is 2. The molecule has 1 amide bonds. The number of aryl methyl sites for hydroxylation is 1. The number of halogens is 1. The molecule has 3 rings (SSSR count). The van der Waals surface area contributed by atoms with Gasteiger partial charge in [0.15, 0.2) is 0 Å². The molecule has 0 unspecified atom stereocenters. The molecule has 0 spiro atoms. The molecule has 1 saturated heterocycles. The van der Waals surface area contributed by atoms with Crippen LogP contribution in [0.4, 0.5) is 0 Å². The number of likely N-dealkylation sites (N-methyl/N-ethyl adjacent to an activating group) is 1. The van der Waals surface area contributed by atoms with Crippen molar-refractivity contribution in [3.8, 4) is 0 Å². The molecular formula is C17H21ClN4O. The third kappa shape index (κ3) is 3.74. The van der Waals surface area contributed by atoms with E-state index in [1.807, 2.05) is 37.3 Å². The Kier molecular flexibility index (Phi) is 4.68. The van der Waals surface area contributed by atoms with E-state index in [0.29, 0.717) is 6.42 Å². The largest absolute Gasteiger partial charge is 0.351 e. The molecular weight excluding hydrogens is 312 g/mol. The normalized spacial score (nSPS) is 21.5. The van der Waals surface area contributed by atoms with Crippen LogP contribution in [0.25, 0.3) is 0 Å². The third-order valence-electron chi connectivity index (χ3n) is 4.31. The standard InChI is InChI=1S/C17H21ClN4O/c1-11-9-14(21-20-11)10-16(23)19-15-7-8-22(2)17(15)12-3-5-13(18)6-4-12/h3-6,9,15,17H,7-8,10H2,1-2H3,(H,19,23)(H,20,21)/t15-,17+/m0/s1. The number of carbonyl (C=O) groups is 1. The first kappa shape index (κ1) is 16.0. The number of benzene rings is 1. The number of nitrogens with zero attached hydrogens (tertiary/aromatic N) is 2. The summed E-state index contributed by atoms with van der Waals surface area (Å²) in [6.45, 7) is 2.89. The van der Waals surface area contributed by atoms with Crippen LogP contribution in [0.15, 0.2) is 30.3 Å². The number of likely N-dealkylation sites (tertiary alicyclic amines) is 1. The minimum absolute atomic E-state index is 0.00997. The number of amides is 1. The first-order valence-electron chi connectivity index (χ1n) is 7.79. The number of nitrogens with one attached hydrogen (secondary N) is 2. The van der Waals surface area contributed by atoms with Crippen LogP contribution in [0.1, 0.15) is 29.4 Å². The van der Waals surface area contributed by atoms with E-state index in [1.165, 1.54) is 5.56 Å². The van der Waals surface area contributed by atoms with Gasteiger partial charge in [0, 0.05) is 23.3 Å². The zero-order valence-corrected chi connectivity index (χ0v) is 14.1. The zero-order chi connectivity index (χ0) is 16.4. The van der Waals surface area contributed by atoms with Gasteiger partial charge in [0.05, 0.1) is 18.2 Å². The van der Waals surface area contributed by atoms with Crippen LogP contribution < -0.4 is 5.32 Å². The van der Waals surface area contributed by atoms with Gasteiger partial charge < -0.3 is 5.32 Å². The third-order valence-corrected chi connectivity index (χ3v) is 4.56. The van der Waals surface area contributed by atoms with E-state index >= 15 is 0 Å². The van der Waals surface area contributed by atoms with Crippen LogP contribution in [0.3, 0.4) is 0 Å². The highest BCUT2D eigenvalue weighted by Gasteiger charge is 2.33. The summed E-state index contributed by atoms with van der Waals surface area (Å²) in [5, 5.41) is 10.9. The first-order valence-corrected chi connectivity index (χ1v) is 8.16. The molecule has 0 radical (unpaired) electrons. The molecule has 1 fully saturated rings. The van der Waals surface area contributed by atoms with E-state index in [9.17, 15) is 4.79 Å². The molecule has 0 aliphatic carbocycles. The molecule has 23 heavy (non-hydrogen) atoms. The number of hydrogen-bond acceptors (Lipinski definition) is 3. The fraction of sp³-hybridized carbons (Fsp3) is 0.412. The molecule has 5 nitrogen and oxygen atoms in total. The molecule has 0 saturated carbocycles. The van der Waals surface area contributed by atoms with Gasteiger partial charge in [-0.15, -0.1) is 0 Å². The van der Waals surface area contributed by atoms with Crippen LogP contribution in [-0.2, 0) is 11.2 Å².